The zero-order valence-electron chi connectivity index (χ0n) is 15.4. The Kier molecular flexibility index (Phi) is 4.60. The predicted octanol–water partition coefficient (Wildman–Crippen LogP) is 3.03. The largest absolute Gasteiger partial charge is 0.467 e. The maximum atomic E-state index is 13.3. The lowest BCUT2D eigenvalue weighted by Gasteiger charge is -2.28. The van der Waals surface area contributed by atoms with Crippen LogP contribution in [0.1, 0.15) is 39.9 Å². The minimum Gasteiger partial charge on any atom is -0.467 e. The Balaban J connectivity index is 1.84. The van der Waals surface area contributed by atoms with Crippen molar-refractivity contribution in [3.05, 3.63) is 35.8 Å². The molecule has 1 aliphatic carbocycles. The normalized spacial score (nSPS) is 29.2. The van der Waals surface area contributed by atoms with Crippen LogP contribution in [0.25, 0.3) is 0 Å². The summed E-state index contributed by atoms with van der Waals surface area (Å²) in [6, 6.07) is 3.36. The lowest BCUT2D eigenvalue weighted by Crippen LogP contribution is -2.42. The Morgan fingerprint density at radius 3 is 2.64 bits per heavy atom. The van der Waals surface area contributed by atoms with E-state index in [1.54, 1.807) is 17.2 Å². The highest BCUT2D eigenvalue weighted by Crippen LogP contribution is 2.60. The number of sulfone groups is 1. The number of carbonyl (C=O) groups excluding carboxylic acids is 1. The molecule has 0 bridgehead atoms. The minimum atomic E-state index is -3.06. The van der Waals surface area contributed by atoms with Crippen LogP contribution in [0.4, 0.5) is 0 Å². The number of amides is 1. The van der Waals surface area contributed by atoms with Crippen molar-refractivity contribution >= 4 is 15.7 Å². The van der Waals surface area contributed by atoms with Crippen LogP contribution in [0.2, 0.25) is 0 Å². The van der Waals surface area contributed by atoms with Gasteiger partial charge >= 0.3 is 0 Å². The highest BCUT2D eigenvalue weighted by molar-refractivity contribution is 7.91. The standard InChI is InChI=1S/C19H27NO4S/c1-13(2)10-16-17(19(16,3)4)18(21)20(11-15-6-5-8-24-15)14-7-9-25(22,23)12-14/h5-6,8,10,14,16-17H,7,9,11-12H2,1-4H3/t14-,16-,17+/m1/s1. The quantitative estimate of drug-likeness (QED) is 0.752. The second-order valence-corrected chi connectivity index (χ2v) is 10.4. The first-order valence-electron chi connectivity index (χ1n) is 8.80. The summed E-state index contributed by atoms with van der Waals surface area (Å²) >= 11 is 0. The zero-order valence-corrected chi connectivity index (χ0v) is 16.2. The topological polar surface area (TPSA) is 67.6 Å². The molecule has 2 fully saturated rings. The molecule has 0 aromatic carbocycles. The summed E-state index contributed by atoms with van der Waals surface area (Å²) < 4.78 is 29.3. The molecular weight excluding hydrogens is 338 g/mol. The predicted molar refractivity (Wildman–Crippen MR) is 96.5 cm³/mol. The maximum Gasteiger partial charge on any atom is 0.227 e. The van der Waals surface area contributed by atoms with E-state index in [2.05, 4.69) is 19.9 Å². The molecule has 0 radical (unpaired) electrons. The summed E-state index contributed by atoms with van der Waals surface area (Å²) in [5, 5.41) is 0. The first kappa shape index (κ1) is 18.2. The van der Waals surface area contributed by atoms with Gasteiger partial charge in [-0.05, 0) is 43.7 Å². The first-order valence-corrected chi connectivity index (χ1v) is 10.6. The first-order chi connectivity index (χ1) is 11.6. The van der Waals surface area contributed by atoms with E-state index in [4.69, 9.17) is 4.42 Å². The van der Waals surface area contributed by atoms with Crippen LogP contribution in [-0.2, 0) is 21.2 Å². The fraction of sp³-hybridized carbons (Fsp3) is 0.632. The van der Waals surface area contributed by atoms with E-state index in [0.29, 0.717) is 18.7 Å². The fourth-order valence-electron chi connectivity index (χ4n) is 3.98. The van der Waals surface area contributed by atoms with E-state index in [0.717, 1.165) is 0 Å². The highest BCUT2D eigenvalue weighted by atomic mass is 32.2. The van der Waals surface area contributed by atoms with Gasteiger partial charge in [0.05, 0.1) is 30.2 Å². The van der Waals surface area contributed by atoms with Crippen molar-refractivity contribution in [2.24, 2.45) is 17.3 Å². The van der Waals surface area contributed by atoms with Gasteiger partial charge in [0, 0.05) is 6.04 Å². The molecule has 2 heterocycles. The van der Waals surface area contributed by atoms with Crippen LogP contribution < -0.4 is 0 Å². The van der Waals surface area contributed by atoms with Gasteiger partial charge in [0.2, 0.25) is 5.91 Å². The number of hydrogen-bond donors (Lipinski definition) is 0. The number of rotatable bonds is 5. The number of allylic oxidation sites excluding steroid dienone is 2. The summed E-state index contributed by atoms with van der Waals surface area (Å²) in [5.41, 5.74) is 1.11. The molecule has 6 heteroatoms. The Bertz CT molecular complexity index is 772. The van der Waals surface area contributed by atoms with E-state index in [9.17, 15) is 13.2 Å². The van der Waals surface area contributed by atoms with E-state index < -0.39 is 9.84 Å². The highest BCUT2D eigenvalue weighted by Gasteiger charge is 2.61. The third kappa shape index (κ3) is 3.68. The number of nitrogens with zero attached hydrogens (tertiary/aromatic N) is 1. The Hall–Kier alpha value is -1.56. The smallest absolute Gasteiger partial charge is 0.227 e. The Labute approximate surface area is 150 Å². The molecule has 1 saturated carbocycles. The summed E-state index contributed by atoms with van der Waals surface area (Å²) in [4.78, 5) is 15.0. The fourth-order valence-corrected chi connectivity index (χ4v) is 5.71. The molecule has 1 aromatic heterocycles. The second-order valence-electron chi connectivity index (χ2n) is 8.17. The van der Waals surface area contributed by atoms with Gasteiger partial charge in [-0.25, -0.2) is 8.42 Å². The molecule has 1 aliphatic heterocycles. The summed E-state index contributed by atoms with van der Waals surface area (Å²) in [5.74, 6) is 1.06. The molecule has 1 saturated heterocycles. The number of hydrogen-bond acceptors (Lipinski definition) is 4. The van der Waals surface area contributed by atoms with Crippen molar-refractivity contribution in [1.29, 1.82) is 0 Å². The van der Waals surface area contributed by atoms with Crippen molar-refractivity contribution in [3.63, 3.8) is 0 Å². The Morgan fingerprint density at radius 1 is 1.40 bits per heavy atom. The van der Waals surface area contributed by atoms with Crippen LogP contribution >= 0.6 is 0 Å². The van der Waals surface area contributed by atoms with Crippen LogP contribution in [0.15, 0.2) is 34.5 Å². The van der Waals surface area contributed by atoms with Crippen molar-refractivity contribution < 1.29 is 17.6 Å². The number of furan rings is 1. The molecule has 0 spiro atoms. The monoisotopic (exact) mass is 365 g/mol. The zero-order chi connectivity index (χ0) is 18.4. The second kappa shape index (κ2) is 6.31. The summed E-state index contributed by atoms with van der Waals surface area (Å²) in [6.07, 6.45) is 4.25. The third-order valence-electron chi connectivity index (χ3n) is 5.53. The molecule has 0 N–H and O–H groups in total. The molecule has 3 atom stereocenters. The van der Waals surface area contributed by atoms with E-state index >= 15 is 0 Å². The molecule has 25 heavy (non-hydrogen) atoms. The molecule has 138 valence electrons. The van der Waals surface area contributed by atoms with Crippen molar-refractivity contribution in [1.82, 2.24) is 4.90 Å². The van der Waals surface area contributed by atoms with Gasteiger partial charge in [-0.15, -0.1) is 0 Å². The van der Waals surface area contributed by atoms with Crippen LogP contribution in [-0.4, -0.2) is 36.8 Å². The molecule has 1 amide bonds. The average molecular weight is 365 g/mol. The molecule has 5 nitrogen and oxygen atoms in total. The SMILES string of the molecule is CC(C)=C[C@@H]1[C@@H](C(=O)N(Cc2ccco2)[C@@H]2CCS(=O)(=O)C2)C1(C)C. The van der Waals surface area contributed by atoms with Crippen molar-refractivity contribution in [2.75, 3.05) is 11.5 Å². The lowest BCUT2D eigenvalue weighted by atomic mass is 10.1. The average Bonchev–Trinajstić information content (AvgIpc) is 2.93. The third-order valence-corrected chi connectivity index (χ3v) is 7.28. The van der Waals surface area contributed by atoms with Crippen molar-refractivity contribution in [3.8, 4) is 0 Å². The van der Waals surface area contributed by atoms with Gasteiger partial charge in [-0.2, -0.15) is 0 Å². The lowest BCUT2D eigenvalue weighted by molar-refractivity contribution is -0.136. The van der Waals surface area contributed by atoms with E-state index in [1.807, 2.05) is 19.9 Å². The maximum absolute atomic E-state index is 13.3. The van der Waals surface area contributed by atoms with E-state index in [1.165, 1.54) is 5.57 Å². The minimum absolute atomic E-state index is 0.0472. The van der Waals surface area contributed by atoms with Gasteiger partial charge < -0.3 is 9.32 Å². The summed E-state index contributed by atoms with van der Waals surface area (Å²) in [7, 11) is -3.06. The molecule has 3 rings (SSSR count). The molecular formula is C19H27NO4S. The van der Waals surface area contributed by atoms with Crippen LogP contribution in [0, 0.1) is 17.3 Å². The van der Waals surface area contributed by atoms with Gasteiger partial charge in [-0.1, -0.05) is 25.5 Å². The molecule has 2 aliphatic rings. The van der Waals surface area contributed by atoms with Gasteiger partial charge in [-0.3, -0.25) is 4.79 Å². The molecule has 1 aromatic rings. The van der Waals surface area contributed by atoms with E-state index in [-0.39, 0.29) is 40.7 Å². The van der Waals surface area contributed by atoms with Gasteiger partial charge in [0.1, 0.15) is 5.76 Å². The van der Waals surface area contributed by atoms with Crippen molar-refractivity contribution in [2.45, 2.75) is 46.7 Å². The van der Waals surface area contributed by atoms with Crippen LogP contribution in [0.3, 0.4) is 0 Å². The van der Waals surface area contributed by atoms with Gasteiger partial charge in [0.25, 0.3) is 0 Å². The number of carbonyl (C=O) groups is 1. The Morgan fingerprint density at radius 2 is 2.12 bits per heavy atom. The van der Waals surface area contributed by atoms with Gasteiger partial charge in [0.15, 0.2) is 9.84 Å². The van der Waals surface area contributed by atoms with Crippen LogP contribution in [0.5, 0.6) is 0 Å². The molecule has 0 unspecified atom stereocenters. The summed E-state index contributed by atoms with van der Waals surface area (Å²) in [6.45, 7) is 8.63.